The molecule has 0 saturated carbocycles. The number of halogens is 1. The summed E-state index contributed by atoms with van der Waals surface area (Å²) in [6.45, 7) is 2.69. The number of hydrogen-bond donors (Lipinski definition) is 1. The zero-order valence-electron chi connectivity index (χ0n) is 22.3. The number of anilines is 1. The Balaban J connectivity index is 1.46. The van der Waals surface area contributed by atoms with Crippen LogP contribution >= 0.6 is 11.6 Å². The first kappa shape index (κ1) is 28.8. The normalized spacial score (nSPS) is 10.7. The van der Waals surface area contributed by atoms with E-state index in [1.54, 1.807) is 54.6 Å². The number of nitrogens with one attached hydrogen (secondary N) is 1. The predicted molar refractivity (Wildman–Crippen MR) is 158 cm³/mol. The highest BCUT2D eigenvalue weighted by Crippen LogP contribution is 2.38. The van der Waals surface area contributed by atoms with Gasteiger partial charge in [-0.2, -0.15) is 10.5 Å². The van der Waals surface area contributed by atoms with Crippen molar-refractivity contribution in [2.75, 3.05) is 11.9 Å². The molecule has 0 radical (unpaired) electrons. The number of carbonyl (C=O) groups is 1. The summed E-state index contributed by atoms with van der Waals surface area (Å²) >= 11 is 6.53. The molecule has 204 valence electrons. The first-order chi connectivity index (χ1) is 20.0. The SMILES string of the molecule is CCOc1cc(/C=C(\C#N)C(=O)Nc2ccc(OCc3ccccc3)cc2)cc(Cl)c1OCc1ccccc1C#N. The van der Waals surface area contributed by atoms with Crippen LogP contribution in [0.2, 0.25) is 5.02 Å². The molecular formula is C33H26ClN3O4. The second-order valence-corrected chi connectivity index (χ2v) is 9.15. The van der Waals surface area contributed by atoms with E-state index >= 15 is 0 Å². The molecule has 41 heavy (non-hydrogen) atoms. The van der Waals surface area contributed by atoms with Gasteiger partial charge in [0.15, 0.2) is 11.5 Å². The van der Waals surface area contributed by atoms with E-state index in [9.17, 15) is 15.3 Å². The van der Waals surface area contributed by atoms with Crippen LogP contribution in [0.15, 0.2) is 96.6 Å². The Bertz CT molecular complexity index is 1620. The molecule has 7 nitrogen and oxygen atoms in total. The minimum atomic E-state index is -0.576. The Hall–Kier alpha value is -5.24. The molecular weight excluding hydrogens is 538 g/mol. The first-order valence-electron chi connectivity index (χ1n) is 12.8. The summed E-state index contributed by atoms with van der Waals surface area (Å²) < 4.78 is 17.4. The quantitative estimate of drug-likeness (QED) is 0.151. The van der Waals surface area contributed by atoms with E-state index in [0.717, 1.165) is 5.56 Å². The van der Waals surface area contributed by atoms with Crippen LogP contribution in [0, 0.1) is 22.7 Å². The molecule has 4 aromatic rings. The van der Waals surface area contributed by atoms with E-state index in [0.29, 0.717) is 52.8 Å². The maximum absolute atomic E-state index is 12.9. The summed E-state index contributed by atoms with van der Waals surface area (Å²) in [5, 5.41) is 22.0. The highest BCUT2D eigenvalue weighted by molar-refractivity contribution is 6.32. The molecule has 0 saturated heterocycles. The molecule has 0 atom stereocenters. The Morgan fingerprint density at radius 3 is 2.34 bits per heavy atom. The number of carbonyl (C=O) groups excluding carboxylic acids is 1. The summed E-state index contributed by atoms with van der Waals surface area (Å²) in [5.41, 5.74) is 3.13. The highest BCUT2D eigenvalue weighted by atomic mass is 35.5. The average Bonchev–Trinajstić information content (AvgIpc) is 3.00. The summed E-state index contributed by atoms with van der Waals surface area (Å²) in [6, 6.07) is 31.1. The van der Waals surface area contributed by atoms with Crippen molar-refractivity contribution in [2.24, 2.45) is 0 Å². The topological polar surface area (TPSA) is 104 Å². The molecule has 0 spiro atoms. The van der Waals surface area contributed by atoms with E-state index in [2.05, 4.69) is 11.4 Å². The van der Waals surface area contributed by atoms with Crippen LogP contribution in [0.4, 0.5) is 5.69 Å². The van der Waals surface area contributed by atoms with Gasteiger partial charge < -0.3 is 19.5 Å². The van der Waals surface area contributed by atoms with E-state index in [1.807, 2.05) is 49.4 Å². The van der Waals surface area contributed by atoms with Crippen LogP contribution in [-0.4, -0.2) is 12.5 Å². The molecule has 0 bridgehead atoms. The van der Waals surface area contributed by atoms with Gasteiger partial charge in [0.1, 0.15) is 30.6 Å². The van der Waals surface area contributed by atoms with Crippen molar-refractivity contribution in [1.82, 2.24) is 0 Å². The first-order valence-corrected chi connectivity index (χ1v) is 13.2. The van der Waals surface area contributed by atoms with E-state index in [1.165, 1.54) is 6.08 Å². The number of hydrogen-bond acceptors (Lipinski definition) is 6. The molecule has 0 aliphatic carbocycles. The van der Waals surface area contributed by atoms with Gasteiger partial charge in [0.25, 0.3) is 5.91 Å². The smallest absolute Gasteiger partial charge is 0.266 e. The summed E-state index contributed by atoms with van der Waals surface area (Å²) in [7, 11) is 0. The molecule has 1 amide bonds. The van der Waals surface area contributed by atoms with Gasteiger partial charge in [0.05, 0.1) is 23.3 Å². The van der Waals surface area contributed by atoms with Crippen LogP contribution in [0.3, 0.4) is 0 Å². The van der Waals surface area contributed by atoms with Crippen molar-refractivity contribution in [3.8, 4) is 29.4 Å². The number of benzene rings is 4. The molecule has 1 N–H and O–H groups in total. The zero-order valence-corrected chi connectivity index (χ0v) is 23.0. The summed E-state index contributed by atoms with van der Waals surface area (Å²) in [4.78, 5) is 12.9. The average molecular weight is 564 g/mol. The van der Waals surface area contributed by atoms with Gasteiger partial charge in [0.2, 0.25) is 0 Å². The van der Waals surface area contributed by atoms with E-state index in [-0.39, 0.29) is 17.2 Å². The van der Waals surface area contributed by atoms with Crippen LogP contribution in [0.1, 0.15) is 29.2 Å². The van der Waals surface area contributed by atoms with Gasteiger partial charge in [-0.05, 0) is 66.6 Å². The Morgan fingerprint density at radius 1 is 0.902 bits per heavy atom. The molecule has 0 aromatic heterocycles. The molecule has 4 rings (SSSR count). The second kappa shape index (κ2) is 14.2. The fourth-order valence-electron chi connectivity index (χ4n) is 3.87. The van der Waals surface area contributed by atoms with Crippen molar-refractivity contribution in [3.05, 3.63) is 124 Å². The fourth-order valence-corrected chi connectivity index (χ4v) is 4.14. The zero-order chi connectivity index (χ0) is 29.0. The highest BCUT2D eigenvalue weighted by Gasteiger charge is 2.16. The maximum Gasteiger partial charge on any atom is 0.266 e. The van der Waals surface area contributed by atoms with Gasteiger partial charge in [-0.25, -0.2) is 0 Å². The van der Waals surface area contributed by atoms with Crippen molar-refractivity contribution in [3.63, 3.8) is 0 Å². The molecule has 0 unspecified atom stereocenters. The maximum atomic E-state index is 12.9. The predicted octanol–water partition coefficient (Wildman–Crippen LogP) is 7.31. The number of rotatable bonds is 11. The molecule has 0 fully saturated rings. The lowest BCUT2D eigenvalue weighted by molar-refractivity contribution is -0.112. The van der Waals surface area contributed by atoms with Gasteiger partial charge in [0, 0.05) is 11.3 Å². The molecule has 8 heteroatoms. The number of ether oxygens (including phenoxy) is 3. The van der Waals surface area contributed by atoms with Crippen LogP contribution in [-0.2, 0) is 18.0 Å². The van der Waals surface area contributed by atoms with E-state index in [4.69, 9.17) is 25.8 Å². The largest absolute Gasteiger partial charge is 0.490 e. The Morgan fingerprint density at radius 2 is 1.63 bits per heavy atom. The molecule has 0 aliphatic rings. The number of nitrogens with zero attached hydrogens (tertiary/aromatic N) is 2. The van der Waals surface area contributed by atoms with Crippen LogP contribution < -0.4 is 19.5 Å². The lowest BCUT2D eigenvalue weighted by Gasteiger charge is -2.15. The van der Waals surface area contributed by atoms with Crippen LogP contribution in [0.5, 0.6) is 17.2 Å². The van der Waals surface area contributed by atoms with Crippen molar-refractivity contribution >= 4 is 29.3 Å². The third-order valence-electron chi connectivity index (χ3n) is 5.88. The fraction of sp³-hybridized carbons (Fsp3) is 0.121. The van der Waals surface area contributed by atoms with E-state index < -0.39 is 5.91 Å². The van der Waals surface area contributed by atoms with Gasteiger partial charge >= 0.3 is 0 Å². The van der Waals surface area contributed by atoms with Crippen molar-refractivity contribution in [2.45, 2.75) is 20.1 Å². The van der Waals surface area contributed by atoms with Crippen LogP contribution in [0.25, 0.3) is 6.08 Å². The van der Waals surface area contributed by atoms with Gasteiger partial charge in [-0.1, -0.05) is 60.1 Å². The third kappa shape index (κ3) is 7.89. The minimum absolute atomic E-state index is 0.112. The lowest BCUT2D eigenvalue weighted by Crippen LogP contribution is -2.13. The summed E-state index contributed by atoms with van der Waals surface area (Å²) in [6.07, 6.45) is 1.43. The summed E-state index contributed by atoms with van der Waals surface area (Å²) in [5.74, 6) is 0.729. The molecule has 0 heterocycles. The molecule has 4 aromatic carbocycles. The Labute approximate surface area is 243 Å². The van der Waals surface area contributed by atoms with Crippen molar-refractivity contribution in [1.29, 1.82) is 10.5 Å². The lowest BCUT2D eigenvalue weighted by atomic mass is 10.1. The molecule has 0 aliphatic heterocycles. The Kier molecular flexibility index (Phi) is 9.98. The van der Waals surface area contributed by atoms with Gasteiger partial charge in [-0.15, -0.1) is 0 Å². The number of amides is 1. The second-order valence-electron chi connectivity index (χ2n) is 8.74. The number of nitriles is 2. The van der Waals surface area contributed by atoms with Crippen molar-refractivity contribution < 1.29 is 19.0 Å². The minimum Gasteiger partial charge on any atom is -0.490 e. The third-order valence-corrected chi connectivity index (χ3v) is 6.16. The van der Waals surface area contributed by atoms with Gasteiger partial charge in [-0.3, -0.25) is 4.79 Å². The standard InChI is InChI=1S/C33H26ClN3O4/c1-2-39-31-18-24(17-30(34)32(31)41-22-26-11-7-6-10-25(26)19-35)16-27(20-36)33(38)37-28-12-14-29(15-13-28)40-21-23-8-4-3-5-9-23/h3-18H,2,21-22H2,1H3,(H,37,38)/b27-16+. The monoisotopic (exact) mass is 563 g/mol.